The first-order valence-corrected chi connectivity index (χ1v) is 11.7. The second-order valence-electron chi connectivity index (χ2n) is 8.67. The standard InChI is InChI=1S/C27H26ClN3O3/c1-17-4-10-23-25(14-17)34-24-11-9-21(33-3)15-22(24)26(29-23)30-12-13-31(18(2)16-30)27(32)19-5-7-20(28)8-6-19/h4-11,14-15,18H,12-13,16H2,1-3H3/t18-/m1/s1. The van der Waals surface area contributed by atoms with Gasteiger partial charge in [-0.2, -0.15) is 0 Å². The van der Waals surface area contributed by atoms with Gasteiger partial charge in [-0.1, -0.05) is 17.7 Å². The number of piperazine rings is 1. The van der Waals surface area contributed by atoms with E-state index in [9.17, 15) is 4.79 Å². The molecule has 3 aromatic carbocycles. The van der Waals surface area contributed by atoms with Gasteiger partial charge < -0.3 is 19.3 Å². The summed E-state index contributed by atoms with van der Waals surface area (Å²) in [6.07, 6.45) is 0. The van der Waals surface area contributed by atoms with Crippen LogP contribution in [0.3, 0.4) is 0 Å². The fraction of sp³-hybridized carbons (Fsp3) is 0.259. The molecule has 1 fully saturated rings. The van der Waals surface area contributed by atoms with Crippen molar-refractivity contribution >= 4 is 29.0 Å². The molecule has 0 N–H and O–H groups in total. The maximum atomic E-state index is 13.1. The van der Waals surface area contributed by atoms with Crippen LogP contribution in [-0.4, -0.2) is 54.3 Å². The topological polar surface area (TPSA) is 54.4 Å². The van der Waals surface area contributed by atoms with E-state index in [0.29, 0.717) is 30.2 Å². The van der Waals surface area contributed by atoms with E-state index in [1.165, 1.54) is 0 Å². The van der Waals surface area contributed by atoms with Crippen molar-refractivity contribution in [3.8, 4) is 17.2 Å². The Balaban J connectivity index is 1.47. The normalized spacial score (nSPS) is 17.2. The number of ether oxygens (including phenoxy) is 2. The average Bonchev–Trinajstić information content (AvgIpc) is 2.99. The summed E-state index contributed by atoms with van der Waals surface area (Å²) in [6.45, 7) is 5.99. The first kappa shape index (κ1) is 22.3. The van der Waals surface area contributed by atoms with Crippen molar-refractivity contribution in [3.05, 3.63) is 82.4 Å². The number of carbonyl (C=O) groups is 1. The van der Waals surface area contributed by atoms with E-state index in [1.807, 2.05) is 48.2 Å². The van der Waals surface area contributed by atoms with Gasteiger partial charge in [0.2, 0.25) is 0 Å². The number of rotatable bonds is 2. The van der Waals surface area contributed by atoms with E-state index >= 15 is 0 Å². The Hall–Kier alpha value is -3.51. The number of amidine groups is 1. The van der Waals surface area contributed by atoms with Crippen LogP contribution in [0.5, 0.6) is 17.2 Å². The van der Waals surface area contributed by atoms with Gasteiger partial charge in [0.1, 0.15) is 23.0 Å². The summed E-state index contributed by atoms with van der Waals surface area (Å²) in [5.41, 5.74) is 3.40. The zero-order valence-electron chi connectivity index (χ0n) is 19.4. The van der Waals surface area contributed by atoms with Crippen molar-refractivity contribution in [1.29, 1.82) is 0 Å². The number of benzene rings is 3. The molecule has 34 heavy (non-hydrogen) atoms. The first-order chi connectivity index (χ1) is 16.4. The molecule has 2 heterocycles. The van der Waals surface area contributed by atoms with Crippen LogP contribution in [0, 0.1) is 6.92 Å². The van der Waals surface area contributed by atoms with Crippen LogP contribution in [0.2, 0.25) is 5.02 Å². The van der Waals surface area contributed by atoms with Gasteiger partial charge >= 0.3 is 0 Å². The lowest BCUT2D eigenvalue weighted by atomic mass is 10.1. The first-order valence-electron chi connectivity index (χ1n) is 11.3. The fourth-order valence-electron chi connectivity index (χ4n) is 4.44. The predicted octanol–water partition coefficient (Wildman–Crippen LogP) is 5.69. The summed E-state index contributed by atoms with van der Waals surface area (Å²) in [5.74, 6) is 3.03. The smallest absolute Gasteiger partial charge is 0.254 e. The zero-order chi connectivity index (χ0) is 23.8. The number of amides is 1. The molecule has 3 aromatic rings. The lowest BCUT2D eigenvalue weighted by Crippen LogP contribution is -2.55. The Bertz CT molecular complexity index is 1270. The summed E-state index contributed by atoms with van der Waals surface area (Å²) in [5, 5.41) is 0.618. The van der Waals surface area contributed by atoms with Crippen LogP contribution < -0.4 is 9.47 Å². The van der Waals surface area contributed by atoms with Gasteiger partial charge in [0, 0.05) is 36.3 Å². The summed E-state index contributed by atoms with van der Waals surface area (Å²) < 4.78 is 11.8. The molecular weight excluding hydrogens is 450 g/mol. The lowest BCUT2D eigenvalue weighted by molar-refractivity contribution is 0.0581. The second-order valence-corrected chi connectivity index (χ2v) is 9.11. The number of aryl methyl sites for hydroxylation is 1. The summed E-state index contributed by atoms with van der Waals surface area (Å²) in [7, 11) is 1.65. The highest BCUT2D eigenvalue weighted by Crippen LogP contribution is 2.40. The molecule has 0 bridgehead atoms. The van der Waals surface area contributed by atoms with Crippen molar-refractivity contribution in [2.75, 3.05) is 26.7 Å². The summed E-state index contributed by atoms with van der Waals surface area (Å²) in [6, 6.07) is 18.8. The number of hydrogen-bond donors (Lipinski definition) is 0. The Labute approximate surface area is 204 Å². The van der Waals surface area contributed by atoms with E-state index in [2.05, 4.69) is 11.8 Å². The van der Waals surface area contributed by atoms with E-state index < -0.39 is 0 Å². The highest BCUT2D eigenvalue weighted by molar-refractivity contribution is 6.30. The minimum Gasteiger partial charge on any atom is -0.497 e. The van der Waals surface area contributed by atoms with E-state index in [4.69, 9.17) is 26.1 Å². The summed E-state index contributed by atoms with van der Waals surface area (Å²) >= 11 is 5.99. The van der Waals surface area contributed by atoms with Crippen molar-refractivity contribution in [2.45, 2.75) is 19.9 Å². The van der Waals surface area contributed by atoms with Crippen LogP contribution in [0.15, 0.2) is 65.7 Å². The van der Waals surface area contributed by atoms with Crippen molar-refractivity contribution in [1.82, 2.24) is 9.80 Å². The molecule has 5 rings (SSSR count). The SMILES string of the molecule is COc1ccc2c(c1)C(N1CCN(C(=O)c3ccc(Cl)cc3)[C@H](C)C1)=Nc1ccc(C)cc1O2. The maximum Gasteiger partial charge on any atom is 0.254 e. The van der Waals surface area contributed by atoms with Gasteiger partial charge in [0.05, 0.1) is 12.7 Å². The molecule has 2 aliphatic rings. The molecule has 2 aliphatic heterocycles. The average molecular weight is 476 g/mol. The van der Waals surface area contributed by atoms with Crippen LogP contribution in [-0.2, 0) is 0 Å². The molecular formula is C27H26ClN3O3. The minimum atomic E-state index is -0.00431. The van der Waals surface area contributed by atoms with Crippen LogP contribution in [0.1, 0.15) is 28.4 Å². The molecule has 0 aromatic heterocycles. The number of halogens is 1. The number of fused-ring (bicyclic) bond motifs is 2. The number of carbonyl (C=O) groups excluding carboxylic acids is 1. The minimum absolute atomic E-state index is 0.00431. The predicted molar refractivity (Wildman–Crippen MR) is 134 cm³/mol. The second kappa shape index (κ2) is 9.03. The van der Waals surface area contributed by atoms with E-state index in [-0.39, 0.29) is 11.9 Å². The van der Waals surface area contributed by atoms with Gasteiger partial charge in [0.25, 0.3) is 5.91 Å². The van der Waals surface area contributed by atoms with Crippen molar-refractivity contribution < 1.29 is 14.3 Å². The Morgan fingerprint density at radius 3 is 2.59 bits per heavy atom. The van der Waals surface area contributed by atoms with E-state index in [0.717, 1.165) is 39.9 Å². The van der Waals surface area contributed by atoms with Gasteiger partial charge in [-0.05, 0) is 74.0 Å². The van der Waals surface area contributed by atoms with Gasteiger partial charge in [-0.15, -0.1) is 0 Å². The Morgan fingerprint density at radius 1 is 1.06 bits per heavy atom. The monoisotopic (exact) mass is 475 g/mol. The largest absolute Gasteiger partial charge is 0.497 e. The molecule has 0 unspecified atom stereocenters. The molecule has 1 amide bonds. The molecule has 174 valence electrons. The Kier molecular flexibility index (Phi) is 5.92. The molecule has 1 atom stereocenters. The van der Waals surface area contributed by atoms with Gasteiger partial charge in [-0.25, -0.2) is 4.99 Å². The molecule has 6 nitrogen and oxygen atoms in total. The molecule has 0 spiro atoms. The van der Waals surface area contributed by atoms with Crippen molar-refractivity contribution in [2.24, 2.45) is 4.99 Å². The van der Waals surface area contributed by atoms with Crippen LogP contribution in [0.4, 0.5) is 5.69 Å². The fourth-order valence-corrected chi connectivity index (χ4v) is 4.57. The van der Waals surface area contributed by atoms with Gasteiger partial charge in [0.15, 0.2) is 5.75 Å². The lowest BCUT2D eigenvalue weighted by Gasteiger charge is -2.41. The number of methoxy groups -OCH3 is 1. The molecule has 0 aliphatic carbocycles. The van der Waals surface area contributed by atoms with Crippen LogP contribution >= 0.6 is 11.6 Å². The highest BCUT2D eigenvalue weighted by Gasteiger charge is 2.32. The number of aliphatic imine (C=N–C) groups is 1. The third kappa shape index (κ3) is 4.21. The molecule has 1 saturated heterocycles. The third-order valence-electron chi connectivity index (χ3n) is 6.27. The quantitative estimate of drug-likeness (QED) is 0.478. The molecule has 7 heteroatoms. The van der Waals surface area contributed by atoms with Crippen molar-refractivity contribution in [3.63, 3.8) is 0 Å². The number of hydrogen-bond acceptors (Lipinski definition) is 5. The summed E-state index contributed by atoms with van der Waals surface area (Å²) in [4.78, 5) is 22.3. The Morgan fingerprint density at radius 2 is 1.85 bits per heavy atom. The van der Waals surface area contributed by atoms with Gasteiger partial charge in [-0.3, -0.25) is 4.79 Å². The zero-order valence-corrected chi connectivity index (χ0v) is 20.2. The number of nitrogens with zero attached hydrogens (tertiary/aromatic N) is 3. The van der Waals surface area contributed by atoms with E-state index in [1.54, 1.807) is 31.4 Å². The van der Waals surface area contributed by atoms with Crippen LogP contribution in [0.25, 0.3) is 0 Å². The molecule has 0 saturated carbocycles. The molecule has 0 radical (unpaired) electrons. The third-order valence-corrected chi connectivity index (χ3v) is 6.52. The maximum absolute atomic E-state index is 13.1. The highest BCUT2D eigenvalue weighted by atomic mass is 35.5.